The number of carboxylic acid groups (broad SMARTS) is 1. The van der Waals surface area contributed by atoms with Gasteiger partial charge in [-0.05, 0) is 30.4 Å². The van der Waals surface area contributed by atoms with Gasteiger partial charge >= 0.3 is 5.97 Å². The van der Waals surface area contributed by atoms with Crippen molar-refractivity contribution in [2.24, 2.45) is 11.8 Å². The highest BCUT2D eigenvalue weighted by Crippen LogP contribution is 2.24. The highest BCUT2D eigenvalue weighted by Gasteiger charge is 2.16. The molecule has 1 aromatic carbocycles. The third kappa shape index (κ3) is 5.10. The number of nitriles is 1. The van der Waals surface area contributed by atoms with Crippen molar-refractivity contribution in [2.75, 3.05) is 11.9 Å². The summed E-state index contributed by atoms with van der Waals surface area (Å²) in [5, 5.41) is 21.6. The molecule has 5 heteroatoms. The number of aliphatic carboxylic acids is 1. The van der Waals surface area contributed by atoms with Gasteiger partial charge in [0.15, 0.2) is 0 Å². The van der Waals surface area contributed by atoms with Crippen molar-refractivity contribution in [3.05, 3.63) is 28.8 Å². The molecule has 4 nitrogen and oxygen atoms in total. The van der Waals surface area contributed by atoms with Gasteiger partial charge in [-0.3, -0.25) is 4.79 Å². The van der Waals surface area contributed by atoms with Gasteiger partial charge in [-0.25, -0.2) is 0 Å². The Labute approximate surface area is 124 Å². The van der Waals surface area contributed by atoms with E-state index in [2.05, 4.69) is 25.2 Å². The monoisotopic (exact) mass is 294 g/mol. The molecular formula is C15H19ClN2O2. The van der Waals surface area contributed by atoms with E-state index in [1.807, 2.05) is 0 Å². The van der Waals surface area contributed by atoms with Gasteiger partial charge in [0, 0.05) is 13.0 Å². The predicted molar refractivity (Wildman–Crippen MR) is 79.9 cm³/mol. The Bertz CT molecular complexity index is 509. The van der Waals surface area contributed by atoms with Crippen molar-refractivity contribution in [3.8, 4) is 6.07 Å². The molecular weight excluding hydrogens is 276 g/mol. The van der Waals surface area contributed by atoms with Crippen LogP contribution in [0.15, 0.2) is 18.2 Å². The first-order chi connectivity index (χ1) is 9.43. The van der Waals surface area contributed by atoms with Crippen LogP contribution in [0.4, 0.5) is 5.69 Å². The SMILES string of the molecule is CC(C)CC(CNc1cccc(Cl)c1C#N)CC(=O)O. The van der Waals surface area contributed by atoms with Crippen LogP contribution >= 0.6 is 11.6 Å². The van der Waals surface area contributed by atoms with Crippen LogP contribution in [-0.4, -0.2) is 17.6 Å². The van der Waals surface area contributed by atoms with Crippen LogP contribution in [0.3, 0.4) is 0 Å². The summed E-state index contributed by atoms with van der Waals surface area (Å²) >= 11 is 5.96. The largest absolute Gasteiger partial charge is 0.481 e. The lowest BCUT2D eigenvalue weighted by Crippen LogP contribution is -2.20. The number of rotatable bonds is 7. The number of nitrogens with zero attached hydrogens (tertiary/aromatic N) is 1. The van der Waals surface area contributed by atoms with Crippen LogP contribution in [0.1, 0.15) is 32.3 Å². The Balaban J connectivity index is 2.74. The van der Waals surface area contributed by atoms with E-state index < -0.39 is 5.97 Å². The average Bonchev–Trinajstić information content (AvgIpc) is 2.34. The fourth-order valence-electron chi connectivity index (χ4n) is 2.19. The first-order valence-corrected chi connectivity index (χ1v) is 6.96. The molecule has 1 unspecified atom stereocenters. The minimum Gasteiger partial charge on any atom is -0.481 e. The summed E-state index contributed by atoms with van der Waals surface area (Å²) in [6, 6.07) is 7.26. The zero-order chi connectivity index (χ0) is 15.1. The van der Waals surface area contributed by atoms with Gasteiger partial charge < -0.3 is 10.4 Å². The number of anilines is 1. The van der Waals surface area contributed by atoms with Crippen molar-refractivity contribution in [3.63, 3.8) is 0 Å². The summed E-state index contributed by atoms with van der Waals surface area (Å²) in [4.78, 5) is 10.9. The van der Waals surface area contributed by atoms with E-state index in [9.17, 15) is 4.79 Å². The lowest BCUT2D eigenvalue weighted by Gasteiger charge is -2.19. The van der Waals surface area contributed by atoms with Crippen LogP contribution < -0.4 is 5.32 Å². The number of hydrogen-bond acceptors (Lipinski definition) is 3. The molecule has 0 saturated heterocycles. The Kier molecular flexibility index (Phi) is 6.33. The fraction of sp³-hybridized carbons (Fsp3) is 0.467. The lowest BCUT2D eigenvalue weighted by atomic mass is 9.94. The summed E-state index contributed by atoms with van der Waals surface area (Å²) in [6.45, 7) is 4.64. The first kappa shape index (κ1) is 16.3. The van der Waals surface area contributed by atoms with Crippen LogP contribution in [0.2, 0.25) is 5.02 Å². The van der Waals surface area contributed by atoms with E-state index in [1.54, 1.807) is 18.2 Å². The number of benzene rings is 1. The molecule has 0 heterocycles. The molecule has 0 aromatic heterocycles. The molecule has 0 amide bonds. The van der Waals surface area contributed by atoms with Crippen molar-refractivity contribution in [1.82, 2.24) is 0 Å². The predicted octanol–water partition coefficient (Wildman–Crippen LogP) is 3.76. The van der Waals surface area contributed by atoms with Crippen molar-refractivity contribution in [2.45, 2.75) is 26.7 Å². The third-order valence-electron chi connectivity index (χ3n) is 2.97. The number of carboxylic acids is 1. The highest BCUT2D eigenvalue weighted by atomic mass is 35.5. The second-order valence-corrected chi connectivity index (χ2v) is 5.66. The highest BCUT2D eigenvalue weighted by molar-refractivity contribution is 6.32. The molecule has 0 fully saturated rings. The Morgan fingerprint density at radius 2 is 2.20 bits per heavy atom. The Hall–Kier alpha value is -1.73. The number of hydrogen-bond donors (Lipinski definition) is 2. The molecule has 0 aliphatic heterocycles. The molecule has 2 N–H and O–H groups in total. The maximum absolute atomic E-state index is 10.9. The molecule has 0 saturated carbocycles. The minimum absolute atomic E-state index is 0.0259. The average molecular weight is 295 g/mol. The molecule has 1 atom stereocenters. The number of halogens is 1. The molecule has 108 valence electrons. The molecule has 0 aliphatic rings. The van der Waals surface area contributed by atoms with Gasteiger partial charge in [0.25, 0.3) is 0 Å². The molecule has 20 heavy (non-hydrogen) atoms. The molecule has 0 radical (unpaired) electrons. The fourth-order valence-corrected chi connectivity index (χ4v) is 2.41. The first-order valence-electron chi connectivity index (χ1n) is 6.58. The van der Waals surface area contributed by atoms with Gasteiger partial charge in [-0.2, -0.15) is 5.26 Å². The quantitative estimate of drug-likeness (QED) is 0.803. The van der Waals surface area contributed by atoms with Crippen LogP contribution in [-0.2, 0) is 4.79 Å². The molecule has 1 aromatic rings. The van der Waals surface area contributed by atoms with E-state index in [0.29, 0.717) is 28.7 Å². The minimum atomic E-state index is -0.802. The maximum Gasteiger partial charge on any atom is 0.303 e. The summed E-state index contributed by atoms with van der Waals surface area (Å²) < 4.78 is 0. The van der Waals surface area contributed by atoms with E-state index in [4.69, 9.17) is 22.0 Å². The van der Waals surface area contributed by atoms with Gasteiger partial charge in [0.1, 0.15) is 6.07 Å². The third-order valence-corrected chi connectivity index (χ3v) is 3.29. The zero-order valence-corrected chi connectivity index (χ0v) is 12.4. The lowest BCUT2D eigenvalue weighted by molar-refractivity contribution is -0.138. The van der Waals surface area contributed by atoms with Crippen LogP contribution in [0.5, 0.6) is 0 Å². The van der Waals surface area contributed by atoms with E-state index in [0.717, 1.165) is 6.42 Å². The Morgan fingerprint density at radius 1 is 1.50 bits per heavy atom. The molecule has 0 bridgehead atoms. The number of nitrogens with one attached hydrogen (secondary N) is 1. The molecule has 1 rings (SSSR count). The Morgan fingerprint density at radius 3 is 2.75 bits per heavy atom. The summed E-state index contributed by atoms with van der Waals surface area (Å²) in [7, 11) is 0. The second-order valence-electron chi connectivity index (χ2n) is 5.25. The van der Waals surface area contributed by atoms with E-state index in [-0.39, 0.29) is 12.3 Å². The summed E-state index contributed by atoms with van der Waals surface area (Å²) in [5.41, 5.74) is 1.05. The zero-order valence-electron chi connectivity index (χ0n) is 11.7. The standard InChI is InChI=1S/C15H19ClN2O2/c1-10(2)6-11(7-15(19)20)9-18-14-5-3-4-13(16)12(14)8-17/h3-5,10-11,18H,6-7,9H2,1-2H3,(H,19,20). The maximum atomic E-state index is 10.9. The van der Waals surface area contributed by atoms with Crippen molar-refractivity contribution in [1.29, 1.82) is 5.26 Å². The van der Waals surface area contributed by atoms with Crippen molar-refractivity contribution < 1.29 is 9.90 Å². The van der Waals surface area contributed by atoms with Gasteiger partial charge in [-0.1, -0.05) is 31.5 Å². The second kappa shape index (κ2) is 7.76. The normalized spacial score (nSPS) is 11.9. The van der Waals surface area contributed by atoms with Gasteiger partial charge in [-0.15, -0.1) is 0 Å². The summed E-state index contributed by atoms with van der Waals surface area (Å²) in [5.74, 6) is -0.349. The van der Waals surface area contributed by atoms with Crippen LogP contribution in [0, 0.1) is 23.2 Å². The molecule has 0 spiro atoms. The van der Waals surface area contributed by atoms with Crippen molar-refractivity contribution >= 4 is 23.3 Å². The smallest absolute Gasteiger partial charge is 0.303 e. The van der Waals surface area contributed by atoms with Gasteiger partial charge in [0.05, 0.1) is 16.3 Å². The van der Waals surface area contributed by atoms with E-state index in [1.165, 1.54) is 0 Å². The van der Waals surface area contributed by atoms with Gasteiger partial charge in [0.2, 0.25) is 0 Å². The van der Waals surface area contributed by atoms with E-state index >= 15 is 0 Å². The number of carbonyl (C=O) groups is 1. The molecule has 0 aliphatic carbocycles. The van der Waals surface area contributed by atoms with Crippen LogP contribution in [0.25, 0.3) is 0 Å². The summed E-state index contributed by atoms with van der Waals surface area (Å²) in [6.07, 6.45) is 0.940. The topological polar surface area (TPSA) is 73.1 Å².